The molecule has 1 unspecified atom stereocenters. The van der Waals surface area contributed by atoms with Crippen molar-refractivity contribution in [2.45, 2.75) is 32.1 Å². The molecule has 22 heavy (non-hydrogen) atoms. The van der Waals surface area contributed by atoms with E-state index in [1.54, 1.807) is 0 Å². The minimum atomic E-state index is -2.85. The second kappa shape index (κ2) is 7.68. The predicted octanol–water partition coefficient (Wildman–Crippen LogP) is 0.904. The number of alkyl halides is 2. The second-order valence-corrected chi connectivity index (χ2v) is 8.63. The van der Waals surface area contributed by atoms with E-state index in [0.717, 1.165) is 25.9 Å². The van der Waals surface area contributed by atoms with Crippen LogP contribution in [0.2, 0.25) is 0 Å². The summed E-state index contributed by atoms with van der Waals surface area (Å²) in [7, 11) is -2.85. The van der Waals surface area contributed by atoms with E-state index >= 15 is 0 Å². The molecule has 0 saturated carbocycles. The highest BCUT2D eigenvalue weighted by Gasteiger charge is 2.29. The molecule has 2 fully saturated rings. The third-order valence-electron chi connectivity index (χ3n) is 4.50. The lowest BCUT2D eigenvalue weighted by molar-refractivity contribution is -0.127. The molecule has 128 valence electrons. The molecule has 0 bridgehead atoms. The molecule has 0 aromatic heterocycles. The number of piperidine rings is 1. The van der Waals surface area contributed by atoms with Crippen LogP contribution in [-0.4, -0.2) is 63.3 Å². The van der Waals surface area contributed by atoms with Crippen LogP contribution in [0.15, 0.2) is 0 Å². The molecule has 2 aliphatic rings. The van der Waals surface area contributed by atoms with Gasteiger partial charge in [-0.1, -0.05) is 0 Å². The number of rotatable bonds is 5. The van der Waals surface area contributed by atoms with Crippen LogP contribution in [0.4, 0.5) is 8.78 Å². The molecule has 0 radical (unpaired) electrons. The topological polar surface area (TPSA) is 66.5 Å². The Hall–Kier alpha value is -0.760. The molecule has 0 aromatic rings. The lowest BCUT2D eigenvalue weighted by Crippen LogP contribution is -2.46. The lowest BCUT2D eigenvalue weighted by Gasteiger charge is -2.35. The summed E-state index contributed by atoms with van der Waals surface area (Å²) >= 11 is 0. The average Bonchev–Trinajstić information content (AvgIpc) is 2.47. The molecule has 0 aromatic carbocycles. The van der Waals surface area contributed by atoms with Gasteiger partial charge in [-0.3, -0.25) is 4.79 Å². The highest BCUT2D eigenvalue weighted by Crippen LogP contribution is 2.23. The Kier molecular flexibility index (Phi) is 6.14. The summed E-state index contributed by atoms with van der Waals surface area (Å²) in [6.07, 6.45) is 0.442. The molecule has 5 nitrogen and oxygen atoms in total. The summed E-state index contributed by atoms with van der Waals surface area (Å²) in [6, 6.07) is 0. The van der Waals surface area contributed by atoms with Crippen LogP contribution >= 0.6 is 0 Å². The number of hydrogen-bond donors (Lipinski definition) is 1. The van der Waals surface area contributed by atoms with Crippen molar-refractivity contribution in [2.24, 2.45) is 11.8 Å². The van der Waals surface area contributed by atoms with Crippen LogP contribution < -0.4 is 5.32 Å². The standard InChI is InChI=1S/C14H24F2N2O3S/c15-13(16)8-17-14(19)12-2-1-5-18(10-12)9-11-3-6-22(20,21)7-4-11/h11-13H,1-10H2,(H,17,19). The monoisotopic (exact) mass is 338 g/mol. The van der Waals surface area contributed by atoms with Gasteiger partial charge in [-0.2, -0.15) is 0 Å². The van der Waals surface area contributed by atoms with E-state index < -0.39 is 22.8 Å². The van der Waals surface area contributed by atoms with E-state index in [9.17, 15) is 22.0 Å². The van der Waals surface area contributed by atoms with Gasteiger partial charge in [-0.05, 0) is 38.1 Å². The van der Waals surface area contributed by atoms with Crippen molar-refractivity contribution in [2.75, 3.05) is 37.7 Å². The first kappa shape index (κ1) is 17.6. The summed E-state index contributed by atoms with van der Waals surface area (Å²) in [5.41, 5.74) is 0. The summed E-state index contributed by atoms with van der Waals surface area (Å²) in [5.74, 6) is 0.329. The van der Waals surface area contributed by atoms with Crippen LogP contribution in [-0.2, 0) is 14.6 Å². The Labute approximate surface area is 130 Å². The molecule has 1 amide bonds. The van der Waals surface area contributed by atoms with Gasteiger partial charge in [0.1, 0.15) is 9.84 Å². The van der Waals surface area contributed by atoms with E-state index in [1.165, 1.54) is 0 Å². The maximum absolute atomic E-state index is 12.1. The molecule has 2 heterocycles. The van der Waals surface area contributed by atoms with Crippen LogP contribution in [0.3, 0.4) is 0 Å². The average molecular weight is 338 g/mol. The first-order valence-corrected chi connectivity index (χ1v) is 9.66. The van der Waals surface area contributed by atoms with Gasteiger partial charge in [0.25, 0.3) is 6.43 Å². The number of hydrogen-bond acceptors (Lipinski definition) is 4. The maximum Gasteiger partial charge on any atom is 0.255 e. The zero-order valence-electron chi connectivity index (χ0n) is 12.6. The molecule has 2 rings (SSSR count). The van der Waals surface area contributed by atoms with Gasteiger partial charge in [0.2, 0.25) is 5.91 Å². The Balaban J connectivity index is 1.77. The van der Waals surface area contributed by atoms with Crippen LogP contribution in [0, 0.1) is 11.8 Å². The SMILES string of the molecule is O=C(NCC(F)F)C1CCCN(CC2CCS(=O)(=O)CC2)C1. The van der Waals surface area contributed by atoms with Gasteiger partial charge in [0.05, 0.1) is 24.0 Å². The number of likely N-dealkylation sites (tertiary alicyclic amines) is 1. The van der Waals surface area contributed by atoms with Gasteiger partial charge >= 0.3 is 0 Å². The van der Waals surface area contributed by atoms with Gasteiger partial charge in [0.15, 0.2) is 0 Å². The third-order valence-corrected chi connectivity index (χ3v) is 6.21. The fourth-order valence-corrected chi connectivity index (χ4v) is 4.83. The lowest BCUT2D eigenvalue weighted by atomic mass is 9.94. The summed E-state index contributed by atoms with van der Waals surface area (Å²) in [4.78, 5) is 14.1. The minimum Gasteiger partial charge on any atom is -0.350 e. The Morgan fingerprint density at radius 3 is 2.55 bits per heavy atom. The Morgan fingerprint density at radius 2 is 1.91 bits per heavy atom. The minimum absolute atomic E-state index is 0.236. The molecule has 1 N–H and O–H groups in total. The van der Waals surface area contributed by atoms with E-state index in [0.29, 0.717) is 25.3 Å². The fourth-order valence-electron chi connectivity index (χ4n) is 3.24. The van der Waals surface area contributed by atoms with Crippen molar-refractivity contribution < 1.29 is 22.0 Å². The maximum atomic E-state index is 12.1. The van der Waals surface area contributed by atoms with E-state index in [-0.39, 0.29) is 23.3 Å². The number of amides is 1. The van der Waals surface area contributed by atoms with E-state index in [4.69, 9.17) is 0 Å². The van der Waals surface area contributed by atoms with E-state index in [2.05, 4.69) is 10.2 Å². The molecular formula is C14H24F2N2O3S. The highest BCUT2D eigenvalue weighted by molar-refractivity contribution is 7.91. The fraction of sp³-hybridized carbons (Fsp3) is 0.929. The third kappa shape index (κ3) is 5.46. The second-order valence-electron chi connectivity index (χ2n) is 6.33. The van der Waals surface area contributed by atoms with Crippen molar-refractivity contribution in [3.05, 3.63) is 0 Å². The Bertz CT molecular complexity index is 470. The molecule has 2 saturated heterocycles. The van der Waals surface area contributed by atoms with Crippen LogP contribution in [0.5, 0.6) is 0 Å². The predicted molar refractivity (Wildman–Crippen MR) is 79.6 cm³/mol. The molecule has 1 atom stereocenters. The zero-order valence-corrected chi connectivity index (χ0v) is 13.5. The van der Waals surface area contributed by atoms with Gasteiger partial charge in [-0.25, -0.2) is 17.2 Å². The van der Waals surface area contributed by atoms with E-state index in [1.807, 2.05) is 0 Å². The number of carbonyl (C=O) groups excluding carboxylic acids is 1. The van der Waals surface area contributed by atoms with Crippen molar-refractivity contribution >= 4 is 15.7 Å². The largest absolute Gasteiger partial charge is 0.350 e. The quantitative estimate of drug-likeness (QED) is 0.809. The summed E-state index contributed by atoms with van der Waals surface area (Å²) in [6.45, 7) is 1.68. The summed E-state index contributed by atoms with van der Waals surface area (Å²) < 4.78 is 47.1. The molecule has 0 aliphatic carbocycles. The molecular weight excluding hydrogens is 314 g/mol. The molecule has 8 heteroatoms. The first-order chi connectivity index (χ1) is 10.4. The normalized spacial score (nSPS) is 27.0. The number of carbonyl (C=O) groups is 1. The highest BCUT2D eigenvalue weighted by atomic mass is 32.2. The van der Waals surface area contributed by atoms with Crippen molar-refractivity contribution in [3.63, 3.8) is 0 Å². The number of nitrogens with one attached hydrogen (secondary N) is 1. The zero-order chi connectivity index (χ0) is 16.2. The number of nitrogens with zero attached hydrogens (tertiary/aromatic N) is 1. The van der Waals surface area contributed by atoms with Crippen LogP contribution in [0.1, 0.15) is 25.7 Å². The summed E-state index contributed by atoms with van der Waals surface area (Å²) in [5, 5.41) is 2.29. The van der Waals surface area contributed by atoms with Crippen molar-refractivity contribution in [3.8, 4) is 0 Å². The molecule has 0 spiro atoms. The van der Waals surface area contributed by atoms with Gasteiger partial charge in [0, 0.05) is 13.1 Å². The first-order valence-electron chi connectivity index (χ1n) is 7.84. The van der Waals surface area contributed by atoms with Gasteiger partial charge < -0.3 is 10.2 Å². The Morgan fingerprint density at radius 1 is 1.23 bits per heavy atom. The smallest absolute Gasteiger partial charge is 0.255 e. The van der Waals surface area contributed by atoms with Gasteiger partial charge in [-0.15, -0.1) is 0 Å². The van der Waals surface area contributed by atoms with Crippen LogP contribution in [0.25, 0.3) is 0 Å². The van der Waals surface area contributed by atoms with Crippen molar-refractivity contribution in [1.29, 1.82) is 0 Å². The molecule has 2 aliphatic heterocycles. The number of sulfone groups is 1. The van der Waals surface area contributed by atoms with Crippen molar-refractivity contribution in [1.82, 2.24) is 10.2 Å². The number of halogens is 2.